The molecule has 0 radical (unpaired) electrons. The van der Waals surface area contributed by atoms with Crippen LogP contribution in [0.15, 0.2) is 0 Å². The van der Waals surface area contributed by atoms with Gasteiger partial charge in [0, 0.05) is 63.4 Å². The first-order valence-corrected chi connectivity index (χ1v) is 32.8. The Morgan fingerprint density at radius 2 is 0.667 bits per heavy atom. The SMILES string of the molecule is CCC(C)OC(OC(C)CC)[SiH2]CC[Si](OC(C)CC)(OC(C)CC)OC(C)CC.CCCCOC(OCCCC)[SiH2]CC[Si](OCCCC)(OCCCC)OCCCC. The maximum absolute atomic E-state index is 6.55. The van der Waals surface area contributed by atoms with Crippen molar-refractivity contribution in [3.05, 3.63) is 0 Å². The maximum atomic E-state index is 6.55. The van der Waals surface area contributed by atoms with Crippen LogP contribution in [0.1, 0.15) is 200 Å². The summed E-state index contributed by atoms with van der Waals surface area (Å²) in [7, 11) is -6.59. The highest BCUT2D eigenvalue weighted by atomic mass is 28.4. The number of hydrogen-bond acceptors (Lipinski definition) is 10. The Kier molecular flexibility index (Phi) is 43.9. The van der Waals surface area contributed by atoms with Crippen LogP contribution in [0.4, 0.5) is 0 Å². The molecule has 5 atom stereocenters. The average Bonchev–Trinajstić information content (AvgIpc) is 3.23. The monoisotopic (exact) mass is 929 g/mol. The molecule has 10 nitrogen and oxygen atoms in total. The maximum Gasteiger partial charge on any atom is 0.501 e. The van der Waals surface area contributed by atoms with E-state index in [2.05, 4.69) is 104 Å². The van der Waals surface area contributed by atoms with Crippen LogP contribution in [0.5, 0.6) is 0 Å². The second kappa shape index (κ2) is 42.1. The molecule has 0 saturated carbocycles. The van der Waals surface area contributed by atoms with Gasteiger partial charge in [-0.1, -0.05) is 113 Å². The van der Waals surface area contributed by atoms with E-state index < -0.39 is 36.6 Å². The van der Waals surface area contributed by atoms with Gasteiger partial charge in [-0.15, -0.1) is 0 Å². The molecule has 60 heavy (non-hydrogen) atoms. The van der Waals surface area contributed by atoms with Gasteiger partial charge in [-0.25, -0.2) is 0 Å². The Hall–Kier alpha value is 0.468. The molecule has 5 unspecified atom stereocenters. The van der Waals surface area contributed by atoms with Gasteiger partial charge < -0.3 is 45.5 Å². The lowest BCUT2D eigenvalue weighted by molar-refractivity contribution is -0.143. The fourth-order valence-corrected chi connectivity index (χ4v) is 17.9. The number of hydrogen-bond donors (Lipinski definition) is 0. The molecule has 0 bridgehead atoms. The number of rotatable bonds is 43. The molecule has 0 heterocycles. The second-order valence-corrected chi connectivity index (χ2v) is 26.0. The van der Waals surface area contributed by atoms with Crippen LogP contribution in [0.2, 0.25) is 24.2 Å². The van der Waals surface area contributed by atoms with Gasteiger partial charge in [0.2, 0.25) is 0 Å². The summed E-state index contributed by atoms with van der Waals surface area (Å²) in [6.45, 7) is 36.2. The third kappa shape index (κ3) is 33.9. The molecule has 364 valence electrons. The summed E-state index contributed by atoms with van der Waals surface area (Å²) in [4.78, 5) is 0. The van der Waals surface area contributed by atoms with Crippen LogP contribution in [-0.4, -0.2) is 112 Å². The Labute approximate surface area is 380 Å². The van der Waals surface area contributed by atoms with Crippen molar-refractivity contribution in [2.24, 2.45) is 0 Å². The smallest absolute Gasteiger partial charge is 0.373 e. The van der Waals surface area contributed by atoms with E-state index in [-0.39, 0.29) is 42.3 Å². The molecular weight excluding hydrogens is 825 g/mol. The standard InChI is InChI=1S/2C23H52O5Si2/c1-11-18(6)24-23(25-19(7)12-2)29-16-17-30(26-20(8)13-3,27-21(9)14-4)28-22(10)15-5;1-6-11-16-24-23(25-17-12-7-2)29-21-22-30(26-18-13-8-3,27-19-14-9-4)28-20-15-10-5/h18-23H,11-17,29H2,1-10H3;23H,6-22,29H2,1-5H3. The Morgan fingerprint density at radius 1 is 0.367 bits per heavy atom. The zero-order chi connectivity index (χ0) is 45.5. The first-order valence-electron chi connectivity index (χ1n) is 25.3. The van der Waals surface area contributed by atoms with Crippen LogP contribution in [0.3, 0.4) is 0 Å². The highest BCUT2D eigenvalue weighted by molar-refractivity contribution is 6.62. The summed E-state index contributed by atoms with van der Waals surface area (Å²) in [6.07, 6.45) is 16.8. The molecular formula is C46H104O10Si4. The van der Waals surface area contributed by atoms with Gasteiger partial charge in [0.15, 0.2) is 0 Å². The summed E-state index contributed by atoms with van der Waals surface area (Å²) in [5.74, 6) is -0.0471. The highest BCUT2D eigenvalue weighted by Crippen LogP contribution is 2.27. The quantitative estimate of drug-likeness (QED) is 0.0334. The number of ether oxygens (including phenoxy) is 4. The van der Waals surface area contributed by atoms with Crippen molar-refractivity contribution in [1.82, 2.24) is 0 Å². The Morgan fingerprint density at radius 3 is 0.983 bits per heavy atom. The minimum absolute atomic E-state index is 0.0109. The van der Waals surface area contributed by atoms with Crippen LogP contribution in [-0.2, 0) is 45.5 Å². The summed E-state index contributed by atoms with van der Waals surface area (Å²) in [5, 5.41) is 0. The number of unbranched alkanes of at least 4 members (excludes halogenated alkanes) is 5. The van der Waals surface area contributed by atoms with Gasteiger partial charge in [-0.3, -0.25) is 0 Å². The van der Waals surface area contributed by atoms with E-state index in [0.717, 1.165) is 154 Å². The highest BCUT2D eigenvalue weighted by Gasteiger charge is 2.45. The molecule has 14 heteroatoms. The minimum atomic E-state index is -2.79. The average molecular weight is 930 g/mol. The van der Waals surface area contributed by atoms with Crippen LogP contribution in [0.25, 0.3) is 0 Å². The fourth-order valence-electron chi connectivity index (χ4n) is 5.67. The second-order valence-electron chi connectivity index (χ2n) is 16.8. The van der Waals surface area contributed by atoms with Gasteiger partial charge in [0.05, 0.1) is 31.2 Å². The van der Waals surface area contributed by atoms with E-state index in [1.165, 1.54) is 0 Å². The van der Waals surface area contributed by atoms with E-state index in [4.69, 9.17) is 45.5 Å². The molecule has 0 aromatic heterocycles. The largest absolute Gasteiger partial charge is 0.501 e. The van der Waals surface area contributed by atoms with Gasteiger partial charge in [0.1, 0.15) is 11.8 Å². The third-order valence-electron chi connectivity index (χ3n) is 10.7. The molecule has 0 fully saturated rings. The minimum Gasteiger partial charge on any atom is -0.373 e. The van der Waals surface area contributed by atoms with Gasteiger partial charge in [-0.2, -0.15) is 0 Å². The Balaban J connectivity index is 0. The zero-order valence-electron chi connectivity index (χ0n) is 42.5. The van der Waals surface area contributed by atoms with E-state index in [0.29, 0.717) is 0 Å². The van der Waals surface area contributed by atoms with Crippen LogP contribution in [0, 0.1) is 0 Å². The van der Waals surface area contributed by atoms with Crippen LogP contribution >= 0.6 is 0 Å². The summed E-state index contributed by atoms with van der Waals surface area (Å²) in [6, 6.07) is 3.87. The first-order chi connectivity index (χ1) is 28.8. The van der Waals surface area contributed by atoms with Crippen molar-refractivity contribution >= 4 is 36.6 Å². The van der Waals surface area contributed by atoms with Gasteiger partial charge in [0.25, 0.3) is 0 Å². The van der Waals surface area contributed by atoms with Crippen molar-refractivity contribution in [2.75, 3.05) is 33.0 Å². The summed E-state index contributed by atoms with van der Waals surface area (Å²) in [5.41, 5.74) is 0. The molecule has 0 aliphatic heterocycles. The van der Waals surface area contributed by atoms with E-state index >= 15 is 0 Å². The predicted octanol–water partition coefficient (Wildman–Crippen LogP) is 11.8. The molecule has 0 amide bonds. The van der Waals surface area contributed by atoms with Crippen molar-refractivity contribution in [3.63, 3.8) is 0 Å². The predicted molar refractivity (Wildman–Crippen MR) is 264 cm³/mol. The molecule has 0 aromatic carbocycles. The molecule has 0 aromatic rings. The van der Waals surface area contributed by atoms with Gasteiger partial charge >= 0.3 is 17.6 Å². The van der Waals surface area contributed by atoms with E-state index in [9.17, 15) is 0 Å². The summed E-state index contributed by atoms with van der Waals surface area (Å²) < 4.78 is 63.4. The molecule has 0 rings (SSSR count). The lowest BCUT2D eigenvalue weighted by atomic mass is 10.3. The third-order valence-corrected chi connectivity index (χ3v) is 21.6. The summed E-state index contributed by atoms with van der Waals surface area (Å²) >= 11 is 0. The first kappa shape index (κ1) is 62.6. The van der Waals surface area contributed by atoms with Crippen molar-refractivity contribution in [1.29, 1.82) is 0 Å². The Bertz CT molecular complexity index is 818. The lowest BCUT2D eigenvalue weighted by Crippen LogP contribution is -2.51. The lowest BCUT2D eigenvalue weighted by Gasteiger charge is -2.36. The molecule has 0 spiro atoms. The molecule has 0 aliphatic rings. The van der Waals surface area contributed by atoms with Crippen molar-refractivity contribution in [3.8, 4) is 0 Å². The van der Waals surface area contributed by atoms with Gasteiger partial charge in [-0.05, 0) is 98.8 Å². The zero-order valence-corrected chi connectivity index (χ0v) is 47.3. The van der Waals surface area contributed by atoms with Crippen molar-refractivity contribution in [2.45, 2.75) is 267 Å². The normalized spacial score (nSPS) is 16.6. The fraction of sp³-hybridized carbons (Fsp3) is 1.00. The topological polar surface area (TPSA) is 92.3 Å². The molecule has 0 saturated heterocycles. The molecule has 0 N–H and O–H groups in total. The van der Waals surface area contributed by atoms with E-state index in [1.54, 1.807) is 0 Å². The van der Waals surface area contributed by atoms with Crippen LogP contribution < -0.4 is 0 Å². The molecule has 0 aliphatic carbocycles. The van der Waals surface area contributed by atoms with E-state index in [1.807, 2.05) is 0 Å². The van der Waals surface area contributed by atoms with Crippen molar-refractivity contribution < 1.29 is 45.5 Å².